The number of benzene rings is 1. The summed E-state index contributed by atoms with van der Waals surface area (Å²) in [6, 6.07) is 8.45. The summed E-state index contributed by atoms with van der Waals surface area (Å²) >= 11 is 0. The van der Waals surface area contributed by atoms with Gasteiger partial charge in [-0.2, -0.15) is 0 Å². The minimum absolute atomic E-state index is 0.00262. The first-order valence-corrected chi connectivity index (χ1v) is 12.4. The van der Waals surface area contributed by atoms with Gasteiger partial charge in [-0.05, 0) is 95.0 Å². The van der Waals surface area contributed by atoms with Gasteiger partial charge in [0.2, 0.25) is 0 Å². The summed E-state index contributed by atoms with van der Waals surface area (Å²) in [5.41, 5.74) is 0.126. The average Bonchev–Trinajstić information content (AvgIpc) is 2.79. The second-order valence-corrected chi connectivity index (χ2v) is 9.59. The van der Waals surface area contributed by atoms with Crippen molar-refractivity contribution in [3.05, 3.63) is 24.3 Å². The van der Waals surface area contributed by atoms with Crippen molar-refractivity contribution < 1.29 is 14.3 Å². The predicted molar refractivity (Wildman–Crippen MR) is 127 cm³/mol. The van der Waals surface area contributed by atoms with Gasteiger partial charge in [0, 0.05) is 24.9 Å². The van der Waals surface area contributed by atoms with Gasteiger partial charge in [-0.15, -0.1) is 0 Å². The standard InChI is InChI=1S/C26H42N2O3/c1-4-19-31-26(15-13-21(2)14-16-26)25(29)27-23-9-11-24(12-10-23)30-20-7-18-28-17-6-5-8-22(28)3/h9-12,21-22H,4-8,13-20H2,1-3H3,(H,27,29)/t21?,22-,26?/m0/s1. The Labute approximate surface area is 188 Å². The van der Waals surface area contributed by atoms with Crippen LogP contribution < -0.4 is 10.1 Å². The van der Waals surface area contributed by atoms with E-state index in [4.69, 9.17) is 9.47 Å². The van der Waals surface area contributed by atoms with E-state index in [1.54, 1.807) is 0 Å². The van der Waals surface area contributed by atoms with Crippen LogP contribution in [0.2, 0.25) is 0 Å². The molecule has 1 aliphatic heterocycles. The first-order valence-electron chi connectivity index (χ1n) is 12.4. The van der Waals surface area contributed by atoms with Gasteiger partial charge in [-0.1, -0.05) is 20.3 Å². The van der Waals surface area contributed by atoms with Crippen molar-refractivity contribution in [2.45, 2.75) is 90.2 Å². The monoisotopic (exact) mass is 430 g/mol. The number of amides is 1. The van der Waals surface area contributed by atoms with Gasteiger partial charge in [0.1, 0.15) is 11.4 Å². The highest BCUT2D eigenvalue weighted by atomic mass is 16.5. The molecule has 0 spiro atoms. The molecular formula is C26H42N2O3. The normalized spacial score (nSPS) is 27.1. The molecule has 1 saturated carbocycles. The van der Waals surface area contributed by atoms with E-state index in [2.05, 4.69) is 31.0 Å². The Hall–Kier alpha value is -1.59. The van der Waals surface area contributed by atoms with Crippen LogP contribution >= 0.6 is 0 Å². The summed E-state index contributed by atoms with van der Waals surface area (Å²) in [4.78, 5) is 15.7. The Morgan fingerprint density at radius 1 is 1.10 bits per heavy atom. The summed E-state index contributed by atoms with van der Waals surface area (Å²) in [6.45, 7) is 10.4. The third kappa shape index (κ3) is 6.95. The van der Waals surface area contributed by atoms with E-state index in [1.165, 1.54) is 25.8 Å². The summed E-state index contributed by atoms with van der Waals surface area (Å²) < 4.78 is 12.0. The molecule has 0 bridgehead atoms. The van der Waals surface area contributed by atoms with E-state index in [-0.39, 0.29) is 5.91 Å². The van der Waals surface area contributed by atoms with Gasteiger partial charge in [-0.25, -0.2) is 0 Å². The lowest BCUT2D eigenvalue weighted by atomic mass is 9.78. The van der Waals surface area contributed by atoms with Crippen LogP contribution in [-0.2, 0) is 9.53 Å². The molecule has 1 aliphatic carbocycles. The molecule has 1 saturated heterocycles. The second-order valence-electron chi connectivity index (χ2n) is 9.59. The average molecular weight is 431 g/mol. The van der Waals surface area contributed by atoms with Crippen molar-refractivity contribution in [3.63, 3.8) is 0 Å². The van der Waals surface area contributed by atoms with Crippen molar-refractivity contribution in [3.8, 4) is 5.75 Å². The maximum absolute atomic E-state index is 13.1. The van der Waals surface area contributed by atoms with Gasteiger partial charge in [0.05, 0.1) is 6.61 Å². The molecule has 1 amide bonds. The van der Waals surface area contributed by atoms with Crippen LogP contribution in [0.5, 0.6) is 5.75 Å². The maximum atomic E-state index is 13.1. The van der Waals surface area contributed by atoms with Gasteiger partial charge < -0.3 is 19.7 Å². The molecule has 1 aromatic rings. The molecule has 2 aliphatic rings. The topological polar surface area (TPSA) is 50.8 Å². The van der Waals surface area contributed by atoms with Crippen molar-refractivity contribution >= 4 is 11.6 Å². The fourth-order valence-corrected chi connectivity index (χ4v) is 4.79. The number of carbonyl (C=O) groups excluding carboxylic acids is 1. The van der Waals surface area contributed by atoms with Crippen LogP contribution in [0, 0.1) is 5.92 Å². The van der Waals surface area contributed by atoms with Gasteiger partial charge in [0.25, 0.3) is 5.91 Å². The molecule has 1 heterocycles. The first-order chi connectivity index (χ1) is 15.0. The molecular weight excluding hydrogens is 388 g/mol. The third-order valence-electron chi connectivity index (χ3n) is 6.99. The zero-order valence-corrected chi connectivity index (χ0v) is 19.8. The van der Waals surface area contributed by atoms with E-state index in [0.29, 0.717) is 18.6 Å². The van der Waals surface area contributed by atoms with Crippen LogP contribution in [0.25, 0.3) is 0 Å². The van der Waals surface area contributed by atoms with E-state index in [9.17, 15) is 4.79 Å². The zero-order chi connectivity index (χ0) is 22.1. The van der Waals surface area contributed by atoms with E-state index in [1.807, 2.05) is 24.3 Å². The molecule has 0 aromatic heterocycles. The Bertz CT molecular complexity index is 662. The fourth-order valence-electron chi connectivity index (χ4n) is 4.79. The third-order valence-corrected chi connectivity index (χ3v) is 6.99. The summed E-state index contributed by atoms with van der Waals surface area (Å²) in [5.74, 6) is 1.52. The van der Waals surface area contributed by atoms with Crippen LogP contribution in [0.4, 0.5) is 5.69 Å². The van der Waals surface area contributed by atoms with Crippen LogP contribution in [0.1, 0.15) is 78.6 Å². The molecule has 0 radical (unpaired) electrons. The lowest BCUT2D eigenvalue weighted by Crippen LogP contribution is -2.48. The summed E-state index contributed by atoms with van der Waals surface area (Å²) in [6.07, 6.45) is 9.65. The number of hydrogen-bond acceptors (Lipinski definition) is 4. The number of nitrogens with one attached hydrogen (secondary N) is 1. The van der Waals surface area contributed by atoms with Crippen molar-refractivity contribution in [2.24, 2.45) is 5.92 Å². The first kappa shape index (κ1) is 24.1. The minimum atomic E-state index is -0.677. The number of likely N-dealkylation sites (tertiary alicyclic amines) is 1. The summed E-state index contributed by atoms with van der Waals surface area (Å²) in [5, 5.41) is 3.09. The summed E-state index contributed by atoms with van der Waals surface area (Å²) in [7, 11) is 0. The molecule has 1 aromatic carbocycles. The molecule has 174 valence electrons. The number of carbonyl (C=O) groups is 1. The Morgan fingerprint density at radius 3 is 2.52 bits per heavy atom. The quantitative estimate of drug-likeness (QED) is 0.488. The van der Waals surface area contributed by atoms with E-state index < -0.39 is 5.60 Å². The Kier molecular flexibility index (Phi) is 9.21. The molecule has 2 fully saturated rings. The maximum Gasteiger partial charge on any atom is 0.256 e. The van der Waals surface area contributed by atoms with Gasteiger partial charge in [-0.3, -0.25) is 4.79 Å². The van der Waals surface area contributed by atoms with Crippen LogP contribution in [0.15, 0.2) is 24.3 Å². The molecule has 0 unspecified atom stereocenters. The van der Waals surface area contributed by atoms with E-state index in [0.717, 1.165) is 63.1 Å². The highest BCUT2D eigenvalue weighted by Gasteiger charge is 2.42. The predicted octanol–water partition coefficient (Wildman–Crippen LogP) is 5.64. The van der Waals surface area contributed by atoms with Crippen LogP contribution in [-0.4, -0.2) is 48.8 Å². The Morgan fingerprint density at radius 2 is 1.84 bits per heavy atom. The molecule has 5 nitrogen and oxygen atoms in total. The molecule has 1 atom stereocenters. The number of piperidine rings is 1. The number of nitrogens with zero attached hydrogens (tertiary/aromatic N) is 1. The van der Waals surface area contributed by atoms with Crippen LogP contribution in [0.3, 0.4) is 0 Å². The zero-order valence-electron chi connectivity index (χ0n) is 19.8. The van der Waals surface area contributed by atoms with Gasteiger partial charge in [0.15, 0.2) is 0 Å². The number of hydrogen-bond donors (Lipinski definition) is 1. The van der Waals surface area contributed by atoms with Crippen molar-refractivity contribution in [1.29, 1.82) is 0 Å². The Balaban J connectivity index is 1.46. The lowest BCUT2D eigenvalue weighted by Gasteiger charge is -2.38. The number of ether oxygens (including phenoxy) is 2. The second kappa shape index (κ2) is 11.9. The fraction of sp³-hybridized carbons (Fsp3) is 0.731. The number of anilines is 1. The molecule has 5 heteroatoms. The van der Waals surface area contributed by atoms with Gasteiger partial charge >= 0.3 is 0 Å². The molecule has 31 heavy (non-hydrogen) atoms. The van der Waals surface area contributed by atoms with Crippen molar-refractivity contribution in [1.82, 2.24) is 4.90 Å². The SMILES string of the molecule is CCCOC1(C(=O)Nc2ccc(OCCCN3CCCC[C@@H]3C)cc2)CCC(C)CC1. The lowest BCUT2D eigenvalue weighted by molar-refractivity contribution is -0.147. The highest BCUT2D eigenvalue weighted by molar-refractivity contribution is 5.97. The molecule has 1 N–H and O–H groups in total. The molecule has 3 rings (SSSR count). The largest absolute Gasteiger partial charge is 0.494 e. The highest BCUT2D eigenvalue weighted by Crippen LogP contribution is 2.36. The van der Waals surface area contributed by atoms with Crippen molar-refractivity contribution in [2.75, 3.05) is 31.6 Å². The smallest absolute Gasteiger partial charge is 0.256 e. The van der Waals surface area contributed by atoms with E-state index >= 15 is 0 Å². The number of rotatable bonds is 10. The minimum Gasteiger partial charge on any atom is -0.494 e.